The highest BCUT2D eigenvalue weighted by molar-refractivity contribution is 5.65. The average Bonchev–Trinajstić information content (AvgIpc) is 2.72. The molecule has 6 nitrogen and oxygen atoms in total. The van der Waals surface area contributed by atoms with E-state index in [1.54, 1.807) is 18.6 Å². The lowest BCUT2D eigenvalue weighted by Gasteiger charge is -2.20. The first-order valence-electron chi connectivity index (χ1n) is 8.81. The quantitative estimate of drug-likeness (QED) is 0.763. The molecule has 1 aliphatic rings. The third-order valence-electron chi connectivity index (χ3n) is 4.49. The Morgan fingerprint density at radius 1 is 1.04 bits per heavy atom. The van der Waals surface area contributed by atoms with Crippen LogP contribution in [-0.4, -0.2) is 25.0 Å². The van der Waals surface area contributed by atoms with Gasteiger partial charge in [0.05, 0.1) is 36.1 Å². The first-order valence-corrected chi connectivity index (χ1v) is 8.81. The zero-order chi connectivity index (χ0) is 17.8. The standard InChI is InChI=1S/C20H20N4O2/c25-12-15-10-21-11-19(23-15)17-9-20(24-18-7-2-1-6-16(17)18)26-13-14-5-3-4-8-22-14/h3-5,8-11,25H,1-2,6-7,12-13H2. The molecule has 1 aliphatic carbocycles. The fraction of sp³-hybridized carbons (Fsp3) is 0.300. The maximum atomic E-state index is 9.37. The van der Waals surface area contributed by atoms with Gasteiger partial charge in [0.25, 0.3) is 0 Å². The van der Waals surface area contributed by atoms with Crippen molar-refractivity contribution in [2.75, 3.05) is 0 Å². The first kappa shape index (κ1) is 16.6. The number of aryl methyl sites for hydroxylation is 1. The summed E-state index contributed by atoms with van der Waals surface area (Å²) in [7, 11) is 0. The molecule has 0 spiro atoms. The van der Waals surface area contributed by atoms with E-state index in [1.807, 2.05) is 24.3 Å². The molecular formula is C20H20N4O2. The number of pyridine rings is 2. The van der Waals surface area contributed by atoms with E-state index in [0.29, 0.717) is 18.2 Å². The molecule has 0 unspecified atom stereocenters. The Morgan fingerprint density at radius 3 is 2.81 bits per heavy atom. The summed E-state index contributed by atoms with van der Waals surface area (Å²) in [6.45, 7) is 0.242. The molecule has 3 aromatic heterocycles. The van der Waals surface area contributed by atoms with Crippen LogP contribution in [0.15, 0.2) is 42.9 Å². The van der Waals surface area contributed by atoms with Gasteiger partial charge in [0.1, 0.15) is 6.61 Å². The summed E-state index contributed by atoms with van der Waals surface area (Å²) in [6, 6.07) is 7.67. The molecule has 0 saturated heterocycles. The van der Waals surface area contributed by atoms with Gasteiger partial charge >= 0.3 is 0 Å². The summed E-state index contributed by atoms with van der Waals surface area (Å²) in [5.41, 5.74) is 5.44. The highest BCUT2D eigenvalue weighted by atomic mass is 16.5. The van der Waals surface area contributed by atoms with Crippen molar-refractivity contribution in [2.24, 2.45) is 0 Å². The number of nitrogens with zero attached hydrogens (tertiary/aromatic N) is 4. The largest absolute Gasteiger partial charge is 0.471 e. The number of hydrogen-bond donors (Lipinski definition) is 1. The lowest BCUT2D eigenvalue weighted by molar-refractivity contribution is 0.276. The van der Waals surface area contributed by atoms with E-state index in [1.165, 1.54) is 5.56 Å². The minimum absolute atomic E-state index is 0.128. The predicted molar refractivity (Wildman–Crippen MR) is 96.4 cm³/mol. The Bertz CT molecular complexity index is 900. The summed E-state index contributed by atoms with van der Waals surface area (Å²) >= 11 is 0. The van der Waals surface area contributed by atoms with Gasteiger partial charge in [-0.3, -0.25) is 9.97 Å². The summed E-state index contributed by atoms with van der Waals surface area (Å²) in [6.07, 6.45) is 9.25. The lowest BCUT2D eigenvalue weighted by Crippen LogP contribution is -2.10. The molecule has 132 valence electrons. The summed E-state index contributed by atoms with van der Waals surface area (Å²) in [5, 5.41) is 9.37. The van der Waals surface area contributed by atoms with E-state index in [2.05, 4.69) is 15.0 Å². The summed E-state index contributed by atoms with van der Waals surface area (Å²) < 4.78 is 5.91. The minimum Gasteiger partial charge on any atom is -0.471 e. The van der Waals surface area contributed by atoms with Crippen LogP contribution in [-0.2, 0) is 26.1 Å². The maximum absolute atomic E-state index is 9.37. The van der Waals surface area contributed by atoms with Crippen molar-refractivity contribution in [3.63, 3.8) is 0 Å². The molecule has 6 heteroatoms. The van der Waals surface area contributed by atoms with Gasteiger partial charge in [-0.2, -0.15) is 0 Å². The fourth-order valence-electron chi connectivity index (χ4n) is 3.22. The average molecular weight is 348 g/mol. The van der Waals surface area contributed by atoms with Crippen LogP contribution in [0.2, 0.25) is 0 Å². The molecule has 1 N–H and O–H groups in total. The number of fused-ring (bicyclic) bond motifs is 1. The molecule has 3 aromatic rings. The van der Waals surface area contributed by atoms with Gasteiger partial charge in [-0.25, -0.2) is 9.97 Å². The number of aromatic nitrogens is 4. The van der Waals surface area contributed by atoms with Crippen LogP contribution >= 0.6 is 0 Å². The van der Waals surface area contributed by atoms with Gasteiger partial charge in [-0.15, -0.1) is 0 Å². The molecule has 0 amide bonds. The van der Waals surface area contributed by atoms with Crippen LogP contribution in [0.4, 0.5) is 0 Å². The van der Waals surface area contributed by atoms with Gasteiger partial charge in [-0.1, -0.05) is 6.07 Å². The third-order valence-corrected chi connectivity index (χ3v) is 4.49. The molecule has 4 rings (SSSR count). The predicted octanol–water partition coefficient (Wildman–Crippen LogP) is 2.88. The van der Waals surface area contributed by atoms with E-state index in [9.17, 15) is 5.11 Å². The number of aliphatic hydroxyl groups is 1. The molecule has 3 heterocycles. The van der Waals surface area contributed by atoms with E-state index in [0.717, 1.165) is 48.3 Å². The zero-order valence-electron chi connectivity index (χ0n) is 14.4. The maximum Gasteiger partial charge on any atom is 0.214 e. The molecule has 0 aromatic carbocycles. The topological polar surface area (TPSA) is 81.0 Å². The Hall–Kier alpha value is -2.86. The van der Waals surface area contributed by atoms with Crippen LogP contribution in [0.25, 0.3) is 11.3 Å². The van der Waals surface area contributed by atoms with Gasteiger partial charge in [0.2, 0.25) is 5.88 Å². The molecular weight excluding hydrogens is 328 g/mol. The second kappa shape index (κ2) is 7.58. The number of hydrogen-bond acceptors (Lipinski definition) is 6. The Labute approximate surface area is 152 Å². The zero-order valence-corrected chi connectivity index (χ0v) is 14.4. The summed E-state index contributed by atoms with van der Waals surface area (Å²) in [4.78, 5) is 17.7. The van der Waals surface area contributed by atoms with Crippen LogP contribution < -0.4 is 4.74 Å². The van der Waals surface area contributed by atoms with Gasteiger partial charge < -0.3 is 9.84 Å². The molecule has 0 atom stereocenters. The third kappa shape index (κ3) is 3.55. The first-order chi connectivity index (χ1) is 12.8. The van der Waals surface area contributed by atoms with Crippen molar-refractivity contribution in [3.8, 4) is 17.1 Å². The monoisotopic (exact) mass is 348 g/mol. The molecule has 0 saturated carbocycles. The number of ether oxygens (including phenoxy) is 1. The lowest BCUT2D eigenvalue weighted by atomic mass is 9.91. The second-order valence-electron chi connectivity index (χ2n) is 6.30. The van der Waals surface area contributed by atoms with Crippen molar-refractivity contribution in [1.29, 1.82) is 0 Å². The van der Waals surface area contributed by atoms with E-state index in [4.69, 9.17) is 9.72 Å². The van der Waals surface area contributed by atoms with Gasteiger partial charge in [-0.05, 0) is 43.4 Å². The second-order valence-corrected chi connectivity index (χ2v) is 6.30. The Morgan fingerprint density at radius 2 is 1.96 bits per heavy atom. The highest BCUT2D eigenvalue weighted by Crippen LogP contribution is 2.32. The molecule has 0 radical (unpaired) electrons. The van der Waals surface area contributed by atoms with Crippen molar-refractivity contribution < 1.29 is 9.84 Å². The molecule has 0 fully saturated rings. The van der Waals surface area contributed by atoms with Gasteiger partial charge in [0, 0.05) is 23.5 Å². The van der Waals surface area contributed by atoms with E-state index in [-0.39, 0.29) is 6.61 Å². The Kier molecular flexibility index (Phi) is 4.84. The van der Waals surface area contributed by atoms with Crippen molar-refractivity contribution >= 4 is 0 Å². The fourth-order valence-corrected chi connectivity index (χ4v) is 3.22. The van der Waals surface area contributed by atoms with Crippen molar-refractivity contribution in [2.45, 2.75) is 38.9 Å². The molecule has 0 bridgehead atoms. The van der Waals surface area contributed by atoms with Crippen LogP contribution in [0.3, 0.4) is 0 Å². The van der Waals surface area contributed by atoms with Crippen molar-refractivity contribution in [1.82, 2.24) is 19.9 Å². The van der Waals surface area contributed by atoms with E-state index < -0.39 is 0 Å². The smallest absolute Gasteiger partial charge is 0.214 e. The highest BCUT2D eigenvalue weighted by Gasteiger charge is 2.19. The summed E-state index contributed by atoms with van der Waals surface area (Å²) in [5.74, 6) is 0.572. The van der Waals surface area contributed by atoms with Crippen LogP contribution in [0, 0.1) is 0 Å². The normalized spacial score (nSPS) is 13.3. The van der Waals surface area contributed by atoms with Crippen molar-refractivity contribution in [3.05, 3.63) is 65.5 Å². The number of rotatable bonds is 5. The molecule has 26 heavy (non-hydrogen) atoms. The number of aliphatic hydroxyl groups excluding tert-OH is 1. The van der Waals surface area contributed by atoms with Crippen LogP contribution in [0.5, 0.6) is 5.88 Å². The van der Waals surface area contributed by atoms with E-state index >= 15 is 0 Å². The van der Waals surface area contributed by atoms with Crippen LogP contribution in [0.1, 0.15) is 35.5 Å². The van der Waals surface area contributed by atoms with Gasteiger partial charge in [0.15, 0.2) is 0 Å². The minimum atomic E-state index is -0.128. The molecule has 0 aliphatic heterocycles. The SMILES string of the molecule is OCc1cncc(-c2cc(OCc3ccccn3)nc3c2CCCC3)n1. The Balaban J connectivity index is 1.69.